The van der Waals surface area contributed by atoms with Gasteiger partial charge in [0.25, 0.3) is 0 Å². The van der Waals surface area contributed by atoms with E-state index < -0.39 is 6.10 Å². The first kappa shape index (κ1) is 25.3. The maximum absolute atomic E-state index is 12.3. The fraction of sp³-hybridized carbons (Fsp3) is 0.680. The Morgan fingerprint density at radius 1 is 1.23 bits per heavy atom. The molecule has 1 amide bonds. The van der Waals surface area contributed by atoms with E-state index in [1.165, 1.54) is 0 Å². The molecule has 2 rings (SSSR count). The fourth-order valence-electron chi connectivity index (χ4n) is 4.31. The average Bonchev–Trinajstić information content (AvgIpc) is 3.09. The van der Waals surface area contributed by atoms with Crippen LogP contribution in [0.3, 0.4) is 0 Å². The standard InChI is InChI=1S/C25H39NO5/c1-3-31-25(29)11-6-4-5-7-16-26-22(13-15-24(26)28)12-14-23(27)18-20-9-8-10-21(17-20)19-30-2/h8-10,17,22-23,27H,3-7,11-16,18-19H2,1-2H3/t22-,23+/m0/s1. The number of benzene rings is 1. The molecule has 1 fully saturated rings. The van der Waals surface area contributed by atoms with E-state index in [0.717, 1.165) is 56.2 Å². The number of aliphatic hydroxyl groups excluding tert-OH is 1. The van der Waals surface area contributed by atoms with E-state index in [4.69, 9.17) is 9.47 Å². The minimum atomic E-state index is -0.404. The molecular formula is C25H39NO5. The zero-order valence-corrected chi connectivity index (χ0v) is 19.2. The summed E-state index contributed by atoms with van der Waals surface area (Å²) in [5.41, 5.74) is 2.23. The topological polar surface area (TPSA) is 76.1 Å². The van der Waals surface area contributed by atoms with Gasteiger partial charge in [-0.3, -0.25) is 9.59 Å². The Labute approximate surface area is 186 Å². The van der Waals surface area contributed by atoms with E-state index in [1.54, 1.807) is 7.11 Å². The summed E-state index contributed by atoms with van der Waals surface area (Å²) >= 11 is 0. The molecule has 1 aliphatic rings. The van der Waals surface area contributed by atoms with Gasteiger partial charge in [-0.05, 0) is 56.6 Å². The van der Waals surface area contributed by atoms with Crippen molar-refractivity contribution in [1.29, 1.82) is 0 Å². The number of methoxy groups -OCH3 is 1. The maximum Gasteiger partial charge on any atom is 0.305 e. The van der Waals surface area contributed by atoms with Crippen LogP contribution in [-0.2, 0) is 32.1 Å². The Bertz CT molecular complexity index is 678. The van der Waals surface area contributed by atoms with Crippen molar-refractivity contribution in [2.24, 2.45) is 0 Å². The van der Waals surface area contributed by atoms with Crippen molar-refractivity contribution in [2.75, 3.05) is 20.3 Å². The molecule has 0 aliphatic carbocycles. The Balaban J connectivity index is 1.67. The van der Waals surface area contributed by atoms with Crippen LogP contribution in [0, 0.1) is 0 Å². The van der Waals surface area contributed by atoms with Crippen LogP contribution >= 0.6 is 0 Å². The summed E-state index contributed by atoms with van der Waals surface area (Å²) in [5.74, 6) is 0.111. The normalized spacial score (nSPS) is 17.2. The number of hydrogen-bond donors (Lipinski definition) is 1. The zero-order chi connectivity index (χ0) is 22.5. The lowest BCUT2D eigenvalue weighted by molar-refractivity contribution is -0.143. The van der Waals surface area contributed by atoms with E-state index >= 15 is 0 Å². The van der Waals surface area contributed by atoms with Crippen molar-refractivity contribution in [3.8, 4) is 0 Å². The highest BCUT2D eigenvalue weighted by atomic mass is 16.5. The van der Waals surface area contributed by atoms with Gasteiger partial charge in [-0.25, -0.2) is 0 Å². The van der Waals surface area contributed by atoms with Gasteiger partial charge >= 0.3 is 5.97 Å². The van der Waals surface area contributed by atoms with Gasteiger partial charge in [-0.2, -0.15) is 0 Å². The van der Waals surface area contributed by atoms with E-state index in [0.29, 0.717) is 38.9 Å². The Morgan fingerprint density at radius 3 is 2.77 bits per heavy atom. The molecule has 31 heavy (non-hydrogen) atoms. The second-order valence-electron chi connectivity index (χ2n) is 8.44. The van der Waals surface area contributed by atoms with Crippen LogP contribution in [-0.4, -0.2) is 54.3 Å². The summed E-state index contributed by atoms with van der Waals surface area (Å²) in [5, 5.41) is 10.5. The number of carbonyl (C=O) groups is 2. The molecule has 1 aromatic rings. The lowest BCUT2D eigenvalue weighted by atomic mass is 9.99. The van der Waals surface area contributed by atoms with E-state index in [1.807, 2.05) is 30.0 Å². The molecule has 0 aromatic heterocycles. The van der Waals surface area contributed by atoms with Crippen molar-refractivity contribution in [1.82, 2.24) is 4.90 Å². The van der Waals surface area contributed by atoms with Crippen LogP contribution < -0.4 is 0 Å². The number of hydrogen-bond acceptors (Lipinski definition) is 5. The van der Waals surface area contributed by atoms with Crippen LogP contribution in [0.25, 0.3) is 0 Å². The Hall–Kier alpha value is -1.92. The molecule has 1 N–H and O–H groups in total. The van der Waals surface area contributed by atoms with Gasteiger partial charge in [0.05, 0.1) is 19.3 Å². The molecule has 0 bridgehead atoms. The first-order valence-corrected chi connectivity index (χ1v) is 11.7. The van der Waals surface area contributed by atoms with E-state index in [-0.39, 0.29) is 17.9 Å². The van der Waals surface area contributed by atoms with Gasteiger partial charge in [0, 0.05) is 32.5 Å². The third-order valence-electron chi connectivity index (χ3n) is 5.89. The molecule has 0 radical (unpaired) electrons. The molecule has 1 aliphatic heterocycles. The smallest absolute Gasteiger partial charge is 0.305 e. The van der Waals surface area contributed by atoms with Gasteiger partial charge in [-0.15, -0.1) is 0 Å². The second kappa shape index (κ2) is 14.2. The fourth-order valence-corrected chi connectivity index (χ4v) is 4.31. The van der Waals surface area contributed by atoms with Crippen molar-refractivity contribution < 1.29 is 24.2 Å². The van der Waals surface area contributed by atoms with Crippen LogP contribution in [0.5, 0.6) is 0 Å². The maximum atomic E-state index is 12.3. The first-order chi connectivity index (χ1) is 15.0. The van der Waals surface area contributed by atoms with Gasteiger partial charge < -0.3 is 19.5 Å². The van der Waals surface area contributed by atoms with Crippen LogP contribution in [0.2, 0.25) is 0 Å². The first-order valence-electron chi connectivity index (χ1n) is 11.7. The number of carbonyl (C=O) groups excluding carboxylic acids is 2. The molecule has 2 atom stereocenters. The van der Waals surface area contributed by atoms with Crippen molar-refractivity contribution >= 4 is 11.9 Å². The molecule has 0 saturated carbocycles. The number of unbranched alkanes of at least 4 members (excludes halogenated alkanes) is 3. The second-order valence-corrected chi connectivity index (χ2v) is 8.44. The molecule has 6 nitrogen and oxygen atoms in total. The van der Waals surface area contributed by atoms with Crippen LogP contribution in [0.4, 0.5) is 0 Å². The minimum absolute atomic E-state index is 0.124. The third-order valence-corrected chi connectivity index (χ3v) is 5.89. The molecule has 6 heteroatoms. The van der Waals surface area contributed by atoms with Gasteiger partial charge in [-0.1, -0.05) is 37.1 Å². The Morgan fingerprint density at radius 2 is 2.00 bits per heavy atom. The molecule has 0 unspecified atom stereocenters. The number of rotatable bonds is 15. The highest BCUT2D eigenvalue weighted by molar-refractivity contribution is 5.78. The summed E-state index contributed by atoms with van der Waals surface area (Å²) < 4.78 is 10.1. The van der Waals surface area contributed by atoms with Crippen LogP contribution in [0.15, 0.2) is 24.3 Å². The molecule has 174 valence electrons. The van der Waals surface area contributed by atoms with E-state index in [2.05, 4.69) is 6.07 Å². The van der Waals surface area contributed by atoms with Crippen molar-refractivity contribution in [3.05, 3.63) is 35.4 Å². The highest BCUT2D eigenvalue weighted by Crippen LogP contribution is 2.24. The summed E-state index contributed by atoms with van der Waals surface area (Å²) in [6, 6.07) is 8.38. The molecule has 1 heterocycles. The summed E-state index contributed by atoms with van der Waals surface area (Å²) in [4.78, 5) is 25.7. The van der Waals surface area contributed by atoms with Crippen molar-refractivity contribution in [3.63, 3.8) is 0 Å². The van der Waals surface area contributed by atoms with Gasteiger partial charge in [0.1, 0.15) is 0 Å². The monoisotopic (exact) mass is 433 g/mol. The Kier molecular flexibility index (Phi) is 11.6. The van der Waals surface area contributed by atoms with Crippen LogP contribution in [0.1, 0.15) is 75.8 Å². The number of esters is 1. The number of nitrogens with zero attached hydrogens (tertiary/aromatic N) is 1. The zero-order valence-electron chi connectivity index (χ0n) is 19.2. The largest absolute Gasteiger partial charge is 0.466 e. The highest BCUT2D eigenvalue weighted by Gasteiger charge is 2.30. The van der Waals surface area contributed by atoms with E-state index in [9.17, 15) is 14.7 Å². The molecule has 0 spiro atoms. The lowest BCUT2D eigenvalue weighted by Crippen LogP contribution is -2.34. The van der Waals surface area contributed by atoms with Crippen molar-refractivity contribution in [2.45, 2.75) is 89.9 Å². The van der Waals surface area contributed by atoms with Gasteiger partial charge in [0.15, 0.2) is 0 Å². The molecule has 1 aromatic carbocycles. The molecular weight excluding hydrogens is 394 g/mol. The summed E-state index contributed by atoms with van der Waals surface area (Å²) in [7, 11) is 1.68. The number of aliphatic hydroxyl groups is 1. The average molecular weight is 434 g/mol. The predicted octanol–water partition coefficient (Wildman–Crippen LogP) is 4.02. The number of amides is 1. The summed E-state index contributed by atoms with van der Waals surface area (Å²) in [6.45, 7) is 3.61. The number of ether oxygens (including phenoxy) is 2. The molecule has 1 saturated heterocycles. The SMILES string of the molecule is CCOC(=O)CCCCCCN1C(=O)CC[C@@H]1CC[C@@H](O)Cc1cccc(COC)c1. The number of likely N-dealkylation sites (tertiary alicyclic amines) is 1. The minimum Gasteiger partial charge on any atom is -0.466 e. The third kappa shape index (κ3) is 9.40. The van der Waals surface area contributed by atoms with Gasteiger partial charge in [0.2, 0.25) is 5.91 Å². The quantitative estimate of drug-likeness (QED) is 0.334. The predicted molar refractivity (Wildman–Crippen MR) is 121 cm³/mol. The lowest BCUT2D eigenvalue weighted by Gasteiger charge is -2.26. The summed E-state index contributed by atoms with van der Waals surface area (Å²) in [6.07, 6.45) is 7.52.